The quantitative estimate of drug-likeness (QED) is 0.753. The first-order chi connectivity index (χ1) is 6.68. The van der Waals surface area contributed by atoms with Gasteiger partial charge in [0.15, 0.2) is 0 Å². The predicted octanol–water partition coefficient (Wildman–Crippen LogP) is 2.26. The zero-order valence-electron chi connectivity index (χ0n) is 7.56. The van der Waals surface area contributed by atoms with E-state index in [4.69, 9.17) is 11.6 Å². The van der Waals surface area contributed by atoms with Crippen LogP contribution in [-0.2, 0) is 0 Å². The first kappa shape index (κ1) is 9.74. The molecule has 1 aliphatic heterocycles. The molecule has 0 aliphatic carbocycles. The van der Waals surface area contributed by atoms with Crippen molar-refractivity contribution in [2.24, 2.45) is 0 Å². The number of phenols is 1. The van der Waals surface area contributed by atoms with Gasteiger partial charge < -0.3 is 10.4 Å². The molecule has 4 heteroatoms. The van der Waals surface area contributed by atoms with E-state index in [1.807, 2.05) is 0 Å². The third-order valence-electron chi connectivity index (χ3n) is 2.56. The topological polar surface area (TPSA) is 32.3 Å². The van der Waals surface area contributed by atoms with Crippen LogP contribution < -0.4 is 5.32 Å². The van der Waals surface area contributed by atoms with E-state index in [0.717, 1.165) is 25.1 Å². The predicted molar refractivity (Wildman–Crippen MR) is 53.3 cm³/mol. The summed E-state index contributed by atoms with van der Waals surface area (Å²) in [5, 5.41) is 12.3. The fraction of sp³-hybridized carbons (Fsp3) is 0.400. The van der Waals surface area contributed by atoms with Crippen molar-refractivity contribution in [3.63, 3.8) is 0 Å². The van der Waals surface area contributed by atoms with Crippen molar-refractivity contribution in [2.45, 2.75) is 12.3 Å². The van der Waals surface area contributed by atoms with Crippen LogP contribution in [0.4, 0.5) is 4.39 Å². The van der Waals surface area contributed by atoms with Gasteiger partial charge in [0.25, 0.3) is 0 Å². The Labute approximate surface area is 86.7 Å². The monoisotopic (exact) mass is 215 g/mol. The lowest BCUT2D eigenvalue weighted by Gasteiger charge is -2.10. The third-order valence-corrected chi connectivity index (χ3v) is 2.94. The summed E-state index contributed by atoms with van der Waals surface area (Å²) < 4.78 is 13.2. The minimum atomic E-state index is -0.548. The van der Waals surface area contributed by atoms with E-state index in [1.165, 1.54) is 6.07 Å². The maximum atomic E-state index is 13.2. The van der Waals surface area contributed by atoms with Crippen molar-refractivity contribution in [1.29, 1.82) is 0 Å². The lowest BCUT2D eigenvalue weighted by molar-refractivity contribution is 0.467. The molecular formula is C10H11ClFNO. The van der Waals surface area contributed by atoms with Crippen LogP contribution in [0.15, 0.2) is 12.1 Å². The molecule has 0 radical (unpaired) electrons. The smallest absolute Gasteiger partial charge is 0.145 e. The maximum Gasteiger partial charge on any atom is 0.145 e. The minimum absolute atomic E-state index is 0.173. The lowest BCUT2D eigenvalue weighted by Crippen LogP contribution is -2.08. The fourth-order valence-corrected chi connectivity index (χ4v) is 1.88. The normalized spacial score (nSPS) is 21.4. The number of halogens is 2. The van der Waals surface area contributed by atoms with Crippen molar-refractivity contribution >= 4 is 11.6 Å². The molecule has 0 aromatic heterocycles. The van der Waals surface area contributed by atoms with Gasteiger partial charge in [-0.25, -0.2) is 4.39 Å². The Hall–Kier alpha value is -0.800. The lowest BCUT2D eigenvalue weighted by atomic mass is 9.98. The van der Waals surface area contributed by atoms with Crippen LogP contribution in [0.3, 0.4) is 0 Å². The second-order valence-corrected chi connectivity index (χ2v) is 3.90. The Balaban J connectivity index is 2.34. The van der Waals surface area contributed by atoms with Gasteiger partial charge in [0.05, 0.1) is 0 Å². The Kier molecular flexibility index (Phi) is 2.61. The SMILES string of the molecule is Oc1cc(C2CCNC2)cc(F)c1Cl. The first-order valence-corrected chi connectivity index (χ1v) is 4.95. The van der Waals surface area contributed by atoms with Crippen LogP contribution in [0.5, 0.6) is 5.75 Å². The van der Waals surface area contributed by atoms with Crippen molar-refractivity contribution in [1.82, 2.24) is 5.32 Å². The van der Waals surface area contributed by atoms with Gasteiger partial charge in [-0.1, -0.05) is 11.6 Å². The van der Waals surface area contributed by atoms with Gasteiger partial charge in [0.1, 0.15) is 16.6 Å². The van der Waals surface area contributed by atoms with Crippen LogP contribution in [0, 0.1) is 5.82 Å². The molecule has 0 saturated carbocycles. The molecular weight excluding hydrogens is 205 g/mol. The summed E-state index contributed by atoms with van der Waals surface area (Å²) in [5.74, 6) is -0.435. The Morgan fingerprint density at radius 3 is 2.86 bits per heavy atom. The molecule has 1 aromatic rings. The molecule has 0 bridgehead atoms. The summed E-state index contributed by atoms with van der Waals surface area (Å²) in [5.41, 5.74) is 0.814. The molecule has 14 heavy (non-hydrogen) atoms. The van der Waals surface area contributed by atoms with Crippen molar-refractivity contribution in [3.8, 4) is 5.75 Å². The molecule has 0 amide bonds. The van der Waals surface area contributed by atoms with Crippen LogP contribution in [-0.4, -0.2) is 18.2 Å². The third kappa shape index (κ3) is 1.70. The molecule has 1 unspecified atom stereocenters. The summed E-state index contributed by atoms with van der Waals surface area (Å²) in [6, 6.07) is 2.95. The van der Waals surface area contributed by atoms with Crippen LogP contribution in [0.1, 0.15) is 17.9 Å². The number of aromatic hydroxyl groups is 1. The molecule has 1 fully saturated rings. The second-order valence-electron chi connectivity index (χ2n) is 3.53. The molecule has 1 atom stereocenters. The molecule has 76 valence electrons. The highest BCUT2D eigenvalue weighted by Crippen LogP contribution is 2.32. The average Bonchev–Trinajstić information content (AvgIpc) is 2.66. The van der Waals surface area contributed by atoms with Gasteiger partial charge >= 0.3 is 0 Å². The summed E-state index contributed by atoms with van der Waals surface area (Å²) in [4.78, 5) is 0. The number of phenolic OH excluding ortho intramolecular Hbond substituents is 1. The van der Waals surface area contributed by atoms with E-state index in [-0.39, 0.29) is 16.7 Å². The standard InChI is InChI=1S/C10H11ClFNO/c11-10-8(12)3-7(4-9(10)14)6-1-2-13-5-6/h3-4,6,13-14H,1-2,5H2. The summed E-state index contributed by atoms with van der Waals surface area (Å²) >= 11 is 5.52. The highest BCUT2D eigenvalue weighted by Gasteiger charge is 2.19. The zero-order chi connectivity index (χ0) is 10.1. The van der Waals surface area contributed by atoms with Crippen LogP contribution in [0.25, 0.3) is 0 Å². The maximum absolute atomic E-state index is 13.2. The Morgan fingerprint density at radius 1 is 1.50 bits per heavy atom. The highest BCUT2D eigenvalue weighted by molar-refractivity contribution is 6.32. The van der Waals surface area contributed by atoms with Gasteiger partial charge in [0.2, 0.25) is 0 Å². The number of hydrogen-bond donors (Lipinski definition) is 2. The van der Waals surface area contributed by atoms with Gasteiger partial charge in [-0.2, -0.15) is 0 Å². The van der Waals surface area contributed by atoms with Crippen LogP contribution >= 0.6 is 11.6 Å². The van der Waals surface area contributed by atoms with E-state index in [0.29, 0.717) is 0 Å². The largest absolute Gasteiger partial charge is 0.506 e. The van der Waals surface area contributed by atoms with E-state index in [1.54, 1.807) is 6.07 Å². The summed E-state index contributed by atoms with van der Waals surface area (Å²) in [6.07, 6.45) is 0.973. The molecule has 2 rings (SSSR count). The van der Waals surface area contributed by atoms with E-state index < -0.39 is 5.82 Å². The van der Waals surface area contributed by atoms with Crippen molar-refractivity contribution in [3.05, 3.63) is 28.5 Å². The summed E-state index contributed by atoms with van der Waals surface area (Å²) in [6.45, 7) is 1.77. The molecule has 1 saturated heterocycles. The molecule has 1 aliphatic rings. The Bertz CT molecular complexity index is 327. The second kappa shape index (κ2) is 3.75. The fourth-order valence-electron chi connectivity index (χ4n) is 1.77. The highest BCUT2D eigenvalue weighted by atomic mass is 35.5. The molecule has 1 aromatic carbocycles. The molecule has 2 nitrogen and oxygen atoms in total. The minimum Gasteiger partial charge on any atom is -0.506 e. The number of hydrogen-bond acceptors (Lipinski definition) is 2. The molecule has 1 heterocycles. The van der Waals surface area contributed by atoms with Gasteiger partial charge in [-0.05, 0) is 36.6 Å². The van der Waals surface area contributed by atoms with Gasteiger partial charge in [-0.15, -0.1) is 0 Å². The summed E-state index contributed by atoms with van der Waals surface area (Å²) in [7, 11) is 0. The van der Waals surface area contributed by atoms with Crippen molar-refractivity contribution in [2.75, 3.05) is 13.1 Å². The number of rotatable bonds is 1. The van der Waals surface area contributed by atoms with Crippen LogP contribution in [0.2, 0.25) is 5.02 Å². The molecule has 0 spiro atoms. The Morgan fingerprint density at radius 2 is 2.29 bits per heavy atom. The number of benzene rings is 1. The molecule has 2 N–H and O–H groups in total. The zero-order valence-corrected chi connectivity index (χ0v) is 8.31. The van der Waals surface area contributed by atoms with E-state index in [2.05, 4.69) is 5.32 Å². The van der Waals surface area contributed by atoms with Gasteiger partial charge in [-0.3, -0.25) is 0 Å². The van der Waals surface area contributed by atoms with Crippen molar-refractivity contribution < 1.29 is 9.50 Å². The average molecular weight is 216 g/mol. The van der Waals surface area contributed by atoms with E-state index >= 15 is 0 Å². The van der Waals surface area contributed by atoms with Gasteiger partial charge in [0, 0.05) is 6.54 Å². The van der Waals surface area contributed by atoms with E-state index in [9.17, 15) is 9.50 Å². The number of nitrogens with one attached hydrogen (secondary N) is 1. The first-order valence-electron chi connectivity index (χ1n) is 4.57.